The summed E-state index contributed by atoms with van der Waals surface area (Å²) in [4.78, 5) is 24.4. The van der Waals surface area contributed by atoms with E-state index in [1.54, 1.807) is 6.20 Å². The summed E-state index contributed by atoms with van der Waals surface area (Å²) in [5.74, 6) is -0.285. The fraction of sp³-hybridized carbons (Fsp3) is 0.250. The van der Waals surface area contributed by atoms with E-state index in [0.717, 1.165) is 16.5 Å². The number of H-pyrrole nitrogens is 1. The molecule has 0 aliphatic rings. The van der Waals surface area contributed by atoms with Crippen molar-refractivity contribution < 1.29 is 9.72 Å². The maximum atomic E-state index is 11.1. The van der Waals surface area contributed by atoms with Crippen LogP contribution in [0.15, 0.2) is 30.5 Å². The van der Waals surface area contributed by atoms with Crippen molar-refractivity contribution in [3.63, 3.8) is 0 Å². The van der Waals surface area contributed by atoms with Gasteiger partial charge in [0.25, 0.3) is 0 Å². The van der Waals surface area contributed by atoms with Gasteiger partial charge in [0.05, 0.1) is 0 Å². The summed E-state index contributed by atoms with van der Waals surface area (Å²) >= 11 is 0. The van der Waals surface area contributed by atoms with E-state index in [2.05, 4.69) is 10.3 Å². The van der Waals surface area contributed by atoms with Crippen molar-refractivity contribution in [3.05, 3.63) is 46.1 Å². The van der Waals surface area contributed by atoms with E-state index in [-0.39, 0.29) is 12.5 Å². The van der Waals surface area contributed by atoms with Gasteiger partial charge in [-0.15, -0.1) is 0 Å². The summed E-state index contributed by atoms with van der Waals surface area (Å²) < 4.78 is 0. The van der Waals surface area contributed by atoms with Crippen molar-refractivity contribution >= 4 is 16.8 Å². The molecule has 1 heterocycles. The number of benzene rings is 1. The van der Waals surface area contributed by atoms with Crippen molar-refractivity contribution in [2.45, 2.75) is 13.0 Å². The molecule has 1 aromatic heterocycles. The molecule has 0 radical (unpaired) electrons. The molecule has 2 rings (SSSR count). The lowest BCUT2D eigenvalue weighted by Crippen LogP contribution is -2.31. The van der Waals surface area contributed by atoms with Crippen LogP contribution in [0, 0.1) is 10.1 Å². The summed E-state index contributed by atoms with van der Waals surface area (Å²) in [6.45, 7) is 1.02. The molecule has 0 spiro atoms. The summed E-state index contributed by atoms with van der Waals surface area (Å²) in [5.41, 5.74) is 1.63. The van der Waals surface area contributed by atoms with E-state index in [4.69, 9.17) is 0 Å². The minimum Gasteiger partial charge on any atom is -0.361 e. The molecule has 1 aromatic carbocycles. The van der Waals surface area contributed by atoms with Crippen molar-refractivity contribution in [1.82, 2.24) is 10.3 Å². The second kappa shape index (κ2) is 4.87. The van der Waals surface area contributed by atoms with Gasteiger partial charge >= 0.3 is 0 Å². The van der Waals surface area contributed by atoms with Gasteiger partial charge in [-0.25, -0.2) is 0 Å². The summed E-state index contributed by atoms with van der Waals surface area (Å²) in [6, 6.07) is 6.88. The number of nitrogens with one attached hydrogen (secondary N) is 2. The summed E-state index contributed by atoms with van der Waals surface area (Å²) in [7, 11) is 0. The molecule has 94 valence electrons. The second-order valence-electron chi connectivity index (χ2n) is 4.06. The SMILES string of the molecule is CC(=O)NC(C[N+](=O)[O-])c1c[nH]c2ccccc12. The zero-order valence-corrected chi connectivity index (χ0v) is 9.84. The Hall–Kier alpha value is -2.37. The first kappa shape index (κ1) is 12.1. The third kappa shape index (κ3) is 2.48. The van der Waals surface area contributed by atoms with E-state index < -0.39 is 11.0 Å². The van der Waals surface area contributed by atoms with Crippen molar-refractivity contribution in [2.24, 2.45) is 0 Å². The fourth-order valence-electron chi connectivity index (χ4n) is 2.00. The van der Waals surface area contributed by atoms with Crippen LogP contribution in [0.25, 0.3) is 10.9 Å². The first-order chi connectivity index (χ1) is 8.58. The average molecular weight is 247 g/mol. The zero-order valence-electron chi connectivity index (χ0n) is 9.84. The van der Waals surface area contributed by atoms with Crippen molar-refractivity contribution in [3.8, 4) is 0 Å². The highest BCUT2D eigenvalue weighted by molar-refractivity contribution is 5.84. The number of nitrogens with zero attached hydrogens (tertiary/aromatic N) is 1. The Bertz CT molecular complexity index is 575. The fourth-order valence-corrected chi connectivity index (χ4v) is 2.00. The molecule has 2 N–H and O–H groups in total. The number of amides is 1. The minimum atomic E-state index is -0.617. The van der Waals surface area contributed by atoms with Gasteiger partial charge in [0, 0.05) is 34.5 Å². The number of hydrogen-bond acceptors (Lipinski definition) is 3. The number of para-hydroxylation sites is 1. The highest BCUT2D eigenvalue weighted by atomic mass is 16.6. The Morgan fingerprint density at radius 3 is 2.89 bits per heavy atom. The Morgan fingerprint density at radius 1 is 1.50 bits per heavy atom. The topological polar surface area (TPSA) is 88.0 Å². The lowest BCUT2D eigenvalue weighted by Gasteiger charge is -2.12. The second-order valence-corrected chi connectivity index (χ2v) is 4.06. The smallest absolute Gasteiger partial charge is 0.228 e. The van der Waals surface area contributed by atoms with Gasteiger partial charge in [0.15, 0.2) is 0 Å². The Labute approximate surface area is 103 Å². The highest BCUT2D eigenvalue weighted by Gasteiger charge is 2.21. The van der Waals surface area contributed by atoms with E-state index >= 15 is 0 Å². The van der Waals surface area contributed by atoms with Crippen LogP contribution in [-0.2, 0) is 4.79 Å². The quantitative estimate of drug-likeness (QED) is 0.635. The van der Waals surface area contributed by atoms with Gasteiger partial charge in [-0.3, -0.25) is 14.9 Å². The first-order valence-electron chi connectivity index (χ1n) is 5.53. The predicted molar refractivity (Wildman–Crippen MR) is 66.7 cm³/mol. The van der Waals surface area contributed by atoms with Gasteiger partial charge in [-0.1, -0.05) is 18.2 Å². The van der Waals surface area contributed by atoms with Gasteiger partial charge in [0.1, 0.15) is 6.04 Å². The van der Waals surface area contributed by atoms with E-state index in [9.17, 15) is 14.9 Å². The monoisotopic (exact) mass is 247 g/mol. The molecule has 0 aliphatic carbocycles. The molecule has 0 saturated heterocycles. The highest BCUT2D eigenvalue weighted by Crippen LogP contribution is 2.24. The van der Waals surface area contributed by atoms with Crippen LogP contribution in [0.3, 0.4) is 0 Å². The number of nitro groups is 1. The normalized spacial score (nSPS) is 12.3. The molecule has 1 unspecified atom stereocenters. The molecule has 18 heavy (non-hydrogen) atoms. The lowest BCUT2D eigenvalue weighted by molar-refractivity contribution is -0.484. The Kier molecular flexibility index (Phi) is 3.27. The van der Waals surface area contributed by atoms with Crippen molar-refractivity contribution in [2.75, 3.05) is 6.54 Å². The molecule has 0 fully saturated rings. The molecule has 6 nitrogen and oxygen atoms in total. The standard InChI is InChI=1S/C12H13N3O3/c1-8(16)14-12(7-15(17)18)10-6-13-11-5-3-2-4-9(10)11/h2-6,12-13H,7H2,1H3,(H,14,16). The lowest BCUT2D eigenvalue weighted by atomic mass is 10.1. The Balaban J connectivity index is 2.40. The molecule has 1 atom stereocenters. The van der Waals surface area contributed by atoms with E-state index in [0.29, 0.717) is 0 Å². The summed E-state index contributed by atoms with van der Waals surface area (Å²) in [6.07, 6.45) is 1.70. The van der Waals surface area contributed by atoms with Crippen LogP contribution < -0.4 is 5.32 Å². The molecular formula is C12H13N3O3. The maximum absolute atomic E-state index is 11.1. The average Bonchev–Trinajstić information content (AvgIpc) is 2.70. The van der Waals surface area contributed by atoms with Gasteiger partial charge in [-0.05, 0) is 6.07 Å². The number of carbonyl (C=O) groups is 1. The van der Waals surface area contributed by atoms with Crippen LogP contribution in [-0.4, -0.2) is 22.4 Å². The molecular weight excluding hydrogens is 234 g/mol. The van der Waals surface area contributed by atoms with Crippen LogP contribution in [0.5, 0.6) is 0 Å². The van der Waals surface area contributed by atoms with Gasteiger partial charge in [-0.2, -0.15) is 0 Å². The van der Waals surface area contributed by atoms with E-state index in [1.807, 2.05) is 24.3 Å². The number of rotatable bonds is 4. The summed E-state index contributed by atoms with van der Waals surface area (Å²) in [5, 5.41) is 14.2. The number of fused-ring (bicyclic) bond motifs is 1. The molecule has 1 amide bonds. The molecule has 2 aromatic rings. The van der Waals surface area contributed by atoms with Crippen LogP contribution in [0.2, 0.25) is 0 Å². The molecule has 0 saturated carbocycles. The van der Waals surface area contributed by atoms with Gasteiger partial charge in [0.2, 0.25) is 12.5 Å². The van der Waals surface area contributed by atoms with Gasteiger partial charge < -0.3 is 10.3 Å². The maximum Gasteiger partial charge on any atom is 0.228 e. The molecule has 0 bridgehead atoms. The largest absolute Gasteiger partial charge is 0.361 e. The molecule has 0 aliphatic heterocycles. The first-order valence-corrected chi connectivity index (χ1v) is 5.53. The predicted octanol–water partition coefficient (Wildman–Crippen LogP) is 1.62. The van der Waals surface area contributed by atoms with E-state index in [1.165, 1.54) is 6.92 Å². The van der Waals surface area contributed by atoms with Crippen molar-refractivity contribution in [1.29, 1.82) is 0 Å². The Morgan fingerprint density at radius 2 is 2.22 bits per heavy atom. The minimum absolute atomic E-state index is 0.285. The number of aromatic amines is 1. The number of carbonyl (C=O) groups excluding carboxylic acids is 1. The van der Waals surface area contributed by atoms with Crippen LogP contribution in [0.1, 0.15) is 18.5 Å². The van der Waals surface area contributed by atoms with Crippen LogP contribution >= 0.6 is 0 Å². The zero-order chi connectivity index (χ0) is 13.1. The number of hydrogen-bond donors (Lipinski definition) is 2. The third-order valence-corrected chi connectivity index (χ3v) is 2.71. The molecule has 6 heteroatoms. The third-order valence-electron chi connectivity index (χ3n) is 2.71. The number of aromatic nitrogens is 1. The van der Waals surface area contributed by atoms with Crippen LogP contribution in [0.4, 0.5) is 0 Å².